The molecule has 0 saturated carbocycles. The number of hydrogen-bond acceptors (Lipinski definition) is 4. The maximum absolute atomic E-state index is 11.6. The minimum absolute atomic E-state index is 0.172. The molecule has 0 bridgehead atoms. The third kappa shape index (κ3) is 2.51. The normalized spacial score (nSPS) is 9.93. The molecule has 4 nitrogen and oxygen atoms in total. The maximum atomic E-state index is 11.6. The zero-order valence-corrected chi connectivity index (χ0v) is 10.4. The molecule has 1 heterocycles. The molecule has 0 atom stereocenters. The van der Waals surface area contributed by atoms with Gasteiger partial charge in [0.1, 0.15) is 4.88 Å². The Kier molecular flexibility index (Phi) is 3.27. The van der Waals surface area contributed by atoms with E-state index in [-0.39, 0.29) is 5.91 Å². The summed E-state index contributed by atoms with van der Waals surface area (Å²) >= 11 is 3.25. The number of halogens is 1. The van der Waals surface area contributed by atoms with Crippen LogP contribution in [0.4, 0.5) is 5.69 Å². The number of hydrogen-bond donors (Lipinski definition) is 1. The van der Waals surface area contributed by atoms with Crippen LogP contribution in [-0.4, -0.2) is 15.5 Å². The summed E-state index contributed by atoms with van der Waals surface area (Å²) in [6.45, 7) is 0. The van der Waals surface area contributed by atoms with Gasteiger partial charge in [-0.25, -0.2) is 0 Å². The van der Waals surface area contributed by atoms with E-state index in [4.69, 9.17) is 0 Å². The highest BCUT2D eigenvalue weighted by Gasteiger charge is 2.09. The molecular formula is C9H6IN3OS. The lowest BCUT2D eigenvalue weighted by Gasteiger charge is -2.04. The van der Waals surface area contributed by atoms with Gasteiger partial charge in [-0.1, -0.05) is 16.6 Å². The van der Waals surface area contributed by atoms with Crippen LogP contribution in [0.2, 0.25) is 0 Å². The topological polar surface area (TPSA) is 54.9 Å². The van der Waals surface area contributed by atoms with E-state index in [2.05, 4.69) is 37.5 Å². The first-order valence-corrected chi connectivity index (χ1v) is 5.96. The van der Waals surface area contributed by atoms with Crippen molar-refractivity contribution < 1.29 is 4.79 Å². The molecule has 2 aromatic rings. The van der Waals surface area contributed by atoms with Crippen molar-refractivity contribution in [2.45, 2.75) is 0 Å². The lowest BCUT2D eigenvalue weighted by molar-refractivity contribution is 0.103. The van der Waals surface area contributed by atoms with E-state index < -0.39 is 0 Å². The van der Waals surface area contributed by atoms with Gasteiger partial charge < -0.3 is 5.32 Å². The molecule has 0 aliphatic carbocycles. The van der Waals surface area contributed by atoms with Crippen LogP contribution >= 0.6 is 34.1 Å². The summed E-state index contributed by atoms with van der Waals surface area (Å²) in [5, 5.41) is 6.41. The van der Waals surface area contributed by atoms with Crippen LogP contribution in [0.25, 0.3) is 0 Å². The van der Waals surface area contributed by atoms with Gasteiger partial charge in [-0.15, -0.1) is 5.10 Å². The Hall–Kier alpha value is -1.02. The number of rotatable bonds is 2. The van der Waals surface area contributed by atoms with Crippen LogP contribution in [-0.2, 0) is 0 Å². The van der Waals surface area contributed by atoms with Crippen LogP contribution in [0, 0.1) is 3.57 Å². The van der Waals surface area contributed by atoms with E-state index >= 15 is 0 Å². The Bertz CT molecular complexity index is 472. The van der Waals surface area contributed by atoms with E-state index in [1.165, 1.54) is 6.20 Å². The molecule has 0 radical (unpaired) electrons. The largest absolute Gasteiger partial charge is 0.320 e. The lowest BCUT2D eigenvalue weighted by atomic mass is 10.3. The second-order valence-electron chi connectivity index (χ2n) is 2.72. The average molecular weight is 331 g/mol. The molecule has 1 aromatic heterocycles. The number of nitrogens with one attached hydrogen (secondary N) is 1. The van der Waals surface area contributed by atoms with Gasteiger partial charge in [-0.05, 0) is 46.3 Å². The fourth-order valence-electron chi connectivity index (χ4n) is 1.01. The first-order valence-electron chi connectivity index (χ1n) is 4.10. The van der Waals surface area contributed by atoms with Gasteiger partial charge in [0.05, 0.1) is 11.9 Å². The highest BCUT2D eigenvalue weighted by molar-refractivity contribution is 14.1. The smallest absolute Gasteiger partial charge is 0.269 e. The third-order valence-corrected chi connectivity index (χ3v) is 3.31. The van der Waals surface area contributed by atoms with E-state index in [9.17, 15) is 4.79 Å². The van der Waals surface area contributed by atoms with Crippen molar-refractivity contribution in [1.29, 1.82) is 0 Å². The van der Waals surface area contributed by atoms with Crippen molar-refractivity contribution in [3.05, 3.63) is 38.9 Å². The number of amides is 1. The molecule has 0 aliphatic heterocycles. The highest BCUT2D eigenvalue weighted by Crippen LogP contribution is 2.18. The Morgan fingerprint density at radius 2 is 2.20 bits per heavy atom. The van der Waals surface area contributed by atoms with E-state index in [1.54, 1.807) is 0 Å². The summed E-state index contributed by atoms with van der Waals surface area (Å²) in [6.07, 6.45) is 1.45. The van der Waals surface area contributed by atoms with E-state index in [1.807, 2.05) is 24.3 Å². The Balaban J connectivity index is 2.17. The van der Waals surface area contributed by atoms with Gasteiger partial charge in [0, 0.05) is 3.57 Å². The summed E-state index contributed by atoms with van der Waals surface area (Å²) in [6, 6.07) is 7.59. The first kappa shape index (κ1) is 10.5. The number of aromatic nitrogens is 2. The molecule has 1 amide bonds. The second-order valence-corrected chi connectivity index (χ2v) is 4.66. The van der Waals surface area contributed by atoms with Crippen molar-refractivity contribution in [2.75, 3.05) is 5.32 Å². The number of carbonyl (C=O) groups is 1. The quantitative estimate of drug-likeness (QED) is 0.860. The predicted octanol–water partition coefficient (Wildman–Crippen LogP) is 2.40. The summed E-state index contributed by atoms with van der Waals surface area (Å²) in [5.74, 6) is -0.172. The average Bonchev–Trinajstić information content (AvgIpc) is 2.74. The molecule has 0 fully saturated rings. The van der Waals surface area contributed by atoms with Crippen LogP contribution in [0.15, 0.2) is 30.5 Å². The van der Waals surface area contributed by atoms with Gasteiger partial charge in [0.2, 0.25) is 0 Å². The van der Waals surface area contributed by atoms with Crippen molar-refractivity contribution in [1.82, 2.24) is 9.59 Å². The van der Waals surface area contributed by atoms with Gasteiger partial charge in [-0.3, -0.25) is 4.79 Å². The molecule has 0 unspecified atom stereocenters. The van der Waals surface area contributed by atoms with Gasteiger partial charge in [0.15, 0.2) is 0 Å². The van der Waals surface area contributed by atoms with E-state index in [0.29, 0.717) is 4.88 Å². The van der Waals surface area contributed by atoms with Crippen molar-refractivity contribution >= 4 is 45.7 Å². The summed E-state index contributed by atoms with van der Waals surface area (Å²) in [7, 11) is 0. The highest BCUT2D eigenvalue weighted by atomic mass is 127. The lowest BCUT2D eigenvalue weighted by Crippen LogP contribution is -2.10. The SMILES string of the molecule is O=C(Nc1ccccc1I)c1cnns1. The number of nitrogens with zero attached hydrogens (tertiary/aromatic N) is 2. The molecule has 0 aliphatic rings. The zero-order valence-electron chi connectivity index (χ0n) is 7.48. The fourth-order valence-corrected chi connectivity index (χ4v) is 1.95. The number of carbonyl (C=O) groups excluding carboxylic acids is 1. The molecule has 76 valence electrons. The van der Waals surface area contributed by atoms with Gasteiger partial charge in [-0.2, -0.15) is 0 Å². The maximum Gasteiger partial charge on any atom is 0.269 e. The molecule has 1 aromatic carbocycles. The van der Waals surface area contributed by atoms with Gasteiger partial charge >= 0.3 is 0 Å². The predicted molar refractivity (Wildman–Crippen MR) is 67.0 cm³/mol. The summed E-state index contributed by atoms with van der Waals surface area (Å²) < 4.78 is 4.64. The van der Waals surface area contributed by atoms with Gasteiger partial charge in [0.25, 0.3) is 5.91 Å². The monoisotopic (exact) mass is 331 g/mol. The zero-order chi connectivity index (χ0) is 10.7. The standard InChI is InChI=1S/C9H6IN3OS/c10-6-3-1-2-4-7(6)12-9(14)8-5-11-13-15-8/h1-5H,(H,12,14). The number of para-hydroxylation sites is 1. The molecule has 1 N–H and O–H groups in total. The minimum atomic E-state index is -0.172. The van der Waals surface area contributed by atoms with Crippen LogP contribution < -0.4 is 5.32 Å². The summed E-state index contributed by atoms with van der Waals surface area (Å²) in [5.41, 5.74) is 0.802. The second kappa shape index (κ2) is 4.67. The molecule has 15 heavy (non-hydrogen) atoms. The first-order chi connectivity index (χ1) is 7.27. The molecule has 6 heteroatoms. The Morgan fingerprint density at radius 1 is 1.40 bits per heavy atom. The Morgan fingerprint density at radius 3 is 2.87 bits per heavy atom. The molecule has 2 rings (SSSR count). The summed E-state index contributed by atoms with van der Waals surface area (Å²) in [4.78, 5) is 12.2. The van der Waals surface area contributed by atoms with Crippen molar-refractivity contribution in [3.8, 4) is 0 Å². The minimum Gasteiger partial charge on any atom is -0.320 e. The number of anilines is 1. The van der Waals surface area contributed by atoms with Crippen LogP contribution in [0.5, 0.6) is 0 Å². The van der Waals surface area contributed by atoms with E-state index in [0.717, 1.165) is 20.8 Å². The molecule has 0 spiro atoms. The van der Waals surface area contributed by atoms with Crippen LogP contribution in [0.1, 0.15) is 9.67 Å². The molecular weight excluding hydrogens is 325 g/mol. The Labute approximate surface area is 104 Å². The van der Waals surface area contributed by atoms with Crippen LogP contribution in [0.3, 0.4) is 0 Å². The fraction of sp³-hybridized carbons (Fsp3) is 0. The van der Waals surface area contributed by atoms with Crippen molar-refractivity contribution in [3.63, 3.8) is 0 Å². The molecule has 0 saturated heterocycles. The third-order valence-electron chi connectivity index (χ3n) is 1.71. The van der Waals surface area contributed by atoms with Crippen molar-refractivity contribution in [2.24, 2.45) is 0 Å². The number of benzene rings is 1.